The molecule has 186 valence electrons. The molecule has 11 heteroatoms. The lowest BCUT2D eigenvalue weighted by Gasteiger charge is -2.26. The molecule has 1 aliphatic rings. The van der Waals surface area contributed by atoms with Crippen molar-refractivity contribution in [1.29, 1.82) is 0 Å². The summed E-state index contributed by atoms with van der Waals surface area (Å²) in [5.74, 6) is 9.55. The van der Waals surface area contributed by atoms with Gasteiger partial charge in [-0.3, -0.25) is 4.79 Å². The van der Waals surface area contributed by atoms with Crippen LogP contribution in [0, 0.1) is 0 Å². The van der Waals surface area contributed by atoms with E-state index >= 15 is 0 Å². The number of nitrogen functional groups attached to an aromatic ring is 1. The third-order valence-electron chi connectivity index (χ3n) is 6.00. The molecule has 0 radical (unpaired) electrons. The van der Waals surface area contributed by atoms with E-state index in [2.05, 4.69) is 10.2 Å². The van der Waals surface area contributed by atoms with Crippen molar-refractivity contribution >= 4 is 17.7 Å². The standard InChI is InChI=1S/C24H29N5O5S/c1-31-16-8-10-19(32-2)17(13-16)18-6-5-11-28(18)22(30)14-35-24-27-26-23(29(24)25)15-7-9-20(33-3)21(12-15)34-4/h7-10,12-13,18H,5-6,11,14,25H2,1-4H3. The van der Waals surface area contributed by atoms with Crippen molar-refractivity contribution in [2.24, 2.45) is 0 Å². The number of carbonyl (C=O) groups excluding carboxylic acids is 1. The second-order valence-corrected chi connectivity index (χ2v) is 8.83. The van der Waals surface area contributed by atoms with Crippen molar-refractivity contribution in [3.8, 4) is 34.4 Å². The second kappa shape index (κ2) is 10.8. The number of rotatable bonds is 9. The summed E-state index contributed by atoms with van der Waals surface area (Å²) in [6.07, 6.45) is 1.77. The molecule has 0 saturated carbocycles. The largest absolute Gasteiger partial charge is 0.497 e. The van der Waals surface area contributed by atoms with E-state index in [1.165, 1.54) is 16.4 Å². The molecule has 35 heavy (non-hydrogen) atoms. The van der Waals surface area contributed by atoms with Gasteiger partial charge in [-0.15, -0.1) is 10.2 Å². The van der Waals surface area contributed by atoms with Gasteiger partial charge in [0.25, 0.3) is 0 Å². The number of ether oxygens (including phenoxy) is 4. The number of likely N-dealkylation sites (tertiary alicyclic amines) is 1. The van der Waals surface area contributed by atoms with Crippen LogP contribution >= 0.6 is 11.8 Å². The number of benzene rings is 2. The molecule has 4 rings (SSSR count). The van der Waals surface area contributed by atoms with Crippen molar-refractivity contribution in [3.63, 3.8) is 0 Å². The smallest absolute Gasteiger partial charge is 0.233 e. The van der Waals surface area contributed by atoms with Gasteiger partial charge in [-0.05, 0) is 49.2 Å². The van der Waals surface area contributed by atoms with Crippen LogP contribution in [0.3, 0.4) is 0 Å². The van der Waals surface area contributed by atoms with Crippen molar-refractivity contribution in [1.82, 2.24) is 19.8 Å². The van der Waals surface area contributed by atoms with Crippen molar-refractivity contribution in [2.45, 2.75) is 24.0 Å². The number of methoxy groups -OCH3 is 4. The molecule has 2 N–H and O–H groups in total. The van der Waals surface area contributed by atoms with Crippen LogP contribution in [0.25, 0.3) is 11.4 Å². The van der Waals surface area contributed by atoms with Crippen molar-refractivity contribution in [2.75, 3.05) is 46.6 Å². The molecule has 1 aromatic heterocycles. The number of hydrogen-bond acceptors (Lipinski definition) is 9. The van der Waals surface area contributed by atoms with Crippen LogP contribution < -0.4 is 24.8 Å². The summed E-state index contributed by atoms with van der Waals surface area (Å²) < 4.78 is 23.0. The highest BCUT2D eigenvalue weighted by molar-refractivity contribution is 7.99. The zero-order valence-corrected chi connectivity index (χ0v) is 21.0. The fourth-order valence-electron chi connectivity index (χ4n) is 4.25. The summed E-state index contributed by atoms with van der Waals surface area (Å²) in [4.78, 5) is 15.1. The second-order valence-electron chi connectivity index (χ2n) is 7.89. The van der Waals surface area contributed by atoms with Gasteiger partial charge in [0.05, 0.1) is 40.2 Å². The lowest BCUT2D eigenvalue weighted by atomic mass is 10.0. The predicted octanol–water partition coefficient (Wildman–Crippen LogP) is 3.15. The monoisotopic (exact) mass is 499 g/mol. The summed E-state index contributed by atoms with van der Waals surface area (Å²) in [7, 11) is 6.39. The number of nitrogens with two attached hydrogens (primary N) is 1. The number of nitrogens with zero attached hydrogens (tertiary/aromatic N) is 4. The molecule has 1 aliphatic heterocycles. The first-order chi connectivity index (χ1) is 17.0. The molecule has 3 aromatic rings. The van der Waals surface area contributed by atoms with Crippen molar-refractivity contribution in [3.05, 3.63) is 42.0 Å². The van der Waals surface area contributed by atoms with E-state index in [0.29, 0.717) is 29.0 Å². The van der Waals surface area contributed by atoms with E-state index in [9.17, 15) is 4.79 Å². The maximum absolute atomic E-state index is 13.2. The molecule has 1 saturated heterocycles. The highest BCUT2D eigenvalue weighted by atomic mass is 32.2. The third-order valence-corrected chi connectivity index (χ3v) is 6.93. The van der Waals surface area contributed by atoms with Gasteiger partial charge in [-0.1, -0.05) is 11.8 Å². The fraction of sp³-hybridized carbons (Fsp3) is 0.375. The van der Waals surface area contributed by atoms with Gasteiger partial charge in [0.15, 0.2) is 17.3 Å². The Morgan fingerprint density at radius 2 is 1.74 bits per heavy atom. The van der Waals surface area contributed by atoms with Gasteiger partial charge in [-0.2, -0.15) is 0 Å². The highest BCUT2D eigenvalue weighted by Gasteiger charge is 2.32. The molecule has 1 atom stereocenters. The van der Waals surface area contributed by atoms with E-state index in [1.54, 1.807) is 40.6 Å². The first kappa shape index (κ1) is 24.5. The average Bonchev–Trinajstić information content (AvgIpc) is 3.53. The number of amides is 1. The lowest BCUT2D eigenvalue weighted by Crippen LogP contribution is -2.32. The van der Waals surface area contributed by atoms with E-state index in [0.717, 1.165) is 35.5 Å². The van der Waals surface area contributed by atoms with E-state index in [4.69, 9.17) is 24.8 Å². The Kier molecular flexibility index (Phi) is 7.54. The zero-order valence-electron chi connectivity index (χ0n) is 20.2. The molecule has 0 aliphatic carbocycles. The molecule has 0 bridgehead atoms. The summed E-state index contributed by atoms with van der Waals surface area (Å²) in [5, 5.41) is 8.84. The number of thioether (sulfide) groups is 1. The van der Waals surface area contributed by atoms with E-state index in [1.807, 2.05) is 29.2 Å². The average molecular weight is 500 g/mol. The van der Waals surface area contributed by atoms with Gasteiger partial charge in [0.1, 0.15) is 11.5 Å². The van der Waals surface area contributed by atoms with Gasteiger partial charge < -0.3 is 29.7 Å². The molecule has 10 nitrogen and oxygen atoms in total. The molecule has 1 amide bonds. The van der Waals surface area contributed by atoms with Crippen LogP contribution in [0.1, 0.15) is 24.4 Å². The first-order valence-electron chi connectivity index (χ1n) is 11.1. The number of aromatic nitrogens is 3. The molecule has 1 fully saturated rings. The number of hydrogen-bond donors (Lipinski definition) is 1. The molecular formula is C24H29N5O5S. The number of carbonyl (C=O) groups is 1. The Balaban J connectivity index is 1.48. The Labute approximate surface area is 208 Å². The topological polar surface area (TPSA) is 114 Å². The third kappa shape index (κ3) is 4.95. The Morgan fingerprint density at radius 1 is 1.00 bits per heavy atom. The Hall–Kier alpha value is -3.60. The minimum absolute atomic E-state index is 0.00182. The summed E-state index contributed by atoms with van der Waals surface area (Å²) >= 11 is 1.25. The zero-order chi connectivity index (χ0) is 24.9. The predicted molar refractivity (Wildman–Crippen MR) is 133 cm³/mol. The van der Waals surface area contributed by atoms with Gasteiger partial charge >= 0.3 is 0 Å². The molecule has 1 unspecified atom stereocenters. The Bertz CT molecular complexity index is 1200. The van der Waals surface area contributed by atoms with Crippen LogP contribution in [0.2, 0.25) is 0 Å². The minimum Gasteiger partial charge on any atom is -0.497 e. The molecular weight excluding hydrogens is 470 g/mol. The maximum atomic E-state index is 13.2. The Morgan fingerprint density at radius 3 is 2.46 bits per heavy atom. The van der Waals surface area contributed by atoms with Crippen LogP contribution in [0.5, 0.6) is 23.0 Å². The van der Waals surface area contributed by atoms with Crippen LogP contribution in [-0.2, 0) is 4.79 Å². The fourth-order valence-corrected chi connectivity index (χ4v) is 4.99. The quantitative estimate of drug-likeness (QED) is 0.350. The first-order valence-corrected chi connectivity index (χ1v) is 12.1. The summed E-state index contributed by atoms with van der Waals surface area (Å²) in [5.41, 5.74) is 1.67. The normalized spacial score (nSPS) is 15.2. The van der Waals surface area contributed by atoms with Crippen LogP contribution in [0.15, 0.2) is 41.6 Å². The van der Waals surface area contributed by atoms with Crippen LogP contribution in [-0.4, -0.2) is 66.4 Å². The van der Waals surface area contributed by atoms with Gasteiger partial charge in [0.2, 0.25) is 11.1 Å². The minimum atomic E-state index is -0.0776. The lowest BCUT2D eigenvalue weighted by molar-refractivity contribution is -0.129. The van der Waals surface area contributed by atoms with Crippen molar-refractivity contribution < 1.29 is 23.7 Å². The molecule has 0 spiro atoms. The highest BCUT2D eigenvalue weighted by Crippen LogP contribution is 2.39. The van der Waals surface area contributed by atoms with Crippen LogP contribution in [0.4, 0.5) is 0 Å². The van der Waals surface area contributed by atoms with Gasteiger partial charge in [-0.25, -0.2) is 4.68 Å². The SMILES string of the molecule is COc1ccc(OC)c(C2CCCN2C(=O)CSc2nnc(-c3ccc(OC)c(OC)c3)n2N)c1. The summed E-state index contributed by atoms with van der Waals surface area (Å²) in [6, 6.07) is 11.0. The van der Waals surface area contributed by atoms with Gasteiger partial charge in [0, 0.05) is 17.7 Å². The molecule has 2 aromatic carbocycles. The van der Waals surface area contributed by atoms with E-state index in [-0.39, 0.29) is 17.7 Å². The molecule has 2 heterocycles. The summed E-state index contributed by atoms with van der Waals surface area (Å²) in [6.45, 7) is 0.677. The van der Waals surface area contributed by atoms with E-state index < -0.39 is 0 Å². The maximum Gasteiger partial charge on any atom is 0.233 e.